The third kappa shape index (κ3) is 5.71. The maximum Gasteiger partial charge on any atom is 0.141 e. The lowest BCUT2D eigenvalue weighted by Gasteiger charge is -2.19. The van der Waals surface area contributed by atoms with Gasteiger partial charge >= 0.3 is 0 Å². The summed E-state index contributed by atoms with van der Waals surface area (Å²) >= 11 is 0. The van der Waals surface area contributed by atoms with Crippen LogP contribution in [-0.4, -0.2) is 33.3 Å². The maximum atomic E-state index is 11.3. The largest absolute Gasteiger partial charge is 0.409 e. The van der Waals surface area contributed by atoms with Crippen LogP contribution in [0.15, 0.2) is 35.5 Å². The van der Waals surface area contributed by atoms with Crippen molar-refractivity contribution in [3.8, 4) is 0 Å². The predicted molar refractivity (Wildman–Crippen MR) is 83.4 cm³/mol. The molecule has 1 rings (SSSR count). The van der Waals surface area contributed by atoms with E-state index in [0.717, 1.165) is 18.5 Å². The molecule has 0 spiro atoms. The molecule has 0 saturated carbocycles. The highest BCUT2D eigenvalue weighted by molar-refractivity contribution is 7.84. The molecule has 0 amide bonds. The van der Waals surface area contributed by atoms with Crippen molar-refractivity contribution in [1.82, 2.24) is 5.32 Å². The molecule has 0 aliphatic carbocycles. The van der Waals surface area contributed by atoms with E-state index in [2.05, 4.69) is 10.5 Å². The third-order valence-electron chi connectivity index (χ3n) is 3.25. The lowest BCUT2D eigenvalue weighted by Crippen LogP contribution is -2.29. The Bertz CT molecular complexity index is 451. The van der Waals surface area contributed by atoms with Crippen molar-refractivity contribution >= 4 is 16.6 Å². The van der Waals surface area contributed by atoms with Crippen LogP contribution in [0.4, 0.5) is 0 Å². The molecule has 112 valence electrons. The fraction of sp³-hybridized carbons (Fsp3) is 0.500. The molecule has 0 bridgehead atoms. The number of nitrogens with zero attached hydrogens (tertiary/aromatic N) is 1. The van der Waals surface area contributed by atoms with Gasteiger partial charge in [0.2, 0.25) is 0 Å². The minimum absolute atomic E-state index is 0.00964. The average molecular weight is 297 g/mol. The minimum Gasteiger partial charge on any atom is -0.409 e. The second-order valence-electron chi connectivity index (χ2n) is 4.81. The third-order valence-corrected chi connectivity index (χ3v) is 4.62. The first-order chi connectivity index (χ1) is 9.54. The smallest absolute Gasteiger partial charge is 0.141 e. The lowest BCUT2D eigenvalue weighted by molar-refractivity contribution is 0.315. The SMILES string of the molecule is CC(CCNC(C/C(N)=N/O)c1ccccc1)S(C)=O. The fourth-order valence-corrected chi connectivity index (χ4v) is 2.32. The number of rotatable bonds is 8. The van der Waals surface area contributed by atoms with E-state index in [9.17, 15) is 4.21 Å². The van der Waals surface area contributed by atoms with Gasteiger partial charge < -0.3 is 16.3 Å². The van der Waals surface area contributed by atoms with Crippen LogP contribution >= 0.6 is 0 Å². The Kier molecular flexibility index (Phi) is 7.25. The number of hydrogen-bond acceptors (Lipinski definition) is 4. The molecule has 0 aliphatic heterocycles. The van der Waals surface area contributed by atoms with Gasteiger partial charge in [0.05, 0.1) is 0 Å². The number of nitrogens with one attached hydrogen (secondary N) is 1. The number of oxime groups is 1. The zero-order chi connectivity index (χ0) is 15.0. The second-order valence-corrected chi connectivity index (χ2v) is 6.61. The highest BCUT2D eigenvalue weighted by Crippen LogP contribution is 2.16. The van der Waals surface area contributed by atoms with E-state index in [1.807, 2.05) is 37.3 Å². The van der Waals surface area contributed by atoms with Gasteiger partial charge in [0, 0.05) is 34.8 Å². The first kappa shape index (κ1) is 16.7. The average Bonchev–Trinajstić information content (AvgIpc) is 2.46. The van der Waals surface area contributed by atoms with Crippen molar-refractivity contribution < 1.29 is 9.42 Å². The van der Waals surface area contributed by atoms with Crippen LogP contribution in [-0.2, 0) is 10.8 Å². The van der Waals surface area contributed by atoms with Gasteiger partial charge in [0.25, 0.3) is 0 Å². The molecule has 6 heteroatoms. The number of amidine groups is 1. The standard InChI is InChI=1S/C14H23N3O2S/c1-11(20(2)19)8-9-16-13(10-14(15)17-18)12-6-4-3-5-7-12/h3-7,11,13,16,18H,8-10H2,1-2H3,(H2,15,17). The summed E-state index contributed by atoms with van der Waals surface area (Å²) in [7, 11) is -0.810. The summed E-state index contributed by atoms with van der Waals surface area (Å²) in [6.07, 6.45) is 2.97. The Labute approximate surface area is 122 Å². The van der Waals surface area contributed by atoms with Crippen LogP contribution in [0.25, 0.3) is 0 Å². The van der Waals surface area contributed by atoms with E-state index in [0.29, 0.717) is 6.42 Å². The number of benzene rings is 1. The molecule has 0 heterocycles. The molecular formula is C14H23N3O2S. The maximum absolute atomic E-state index is 11.3. The molecular weight excluding hydrogens is 274 g/mol. The Morgan fingerprint density at radius 3 is 2.65 bits per heavy atom. The molecule has 0 aromatic heterocycles. The van der Waals surface area contributed by atoms with Gasteiger partial charge in [-0.3, -0.25) is 4.21 Å². The van der Waals surface area contributed by atoms with Crippen molar-refractivity contribution in [2.45, 2.75) is 31.1 Å². The number of hydrogen-bond donors (Lipinski definition) is 3. The van der Waals surface area contributed by atoms with E-state index >= 15 is 0 Å². The molecule has 20 heavy (non-hydrogen) atoms. The van der Waals surface area contributed by atoms with Crippen molar-refractivity contribution in [1.29, 1.82) is 0 Å². The van der Waals surface area contributed by atoms with Gasteiger partial charge in [-0.05, 0) is 18.5 Å². The van der Waals surface area contributed by atoms with Gasteiger partial charge in [0.15, 0.2) is 0 Å². The highest BCUT2D eigenvalue weighted by Gasteiger charge is 2.14. The quantitative estimate of drug-likeness (QED) is 0.294. The Hall–Kier alpha value is -1.40. The molecule has 0 saturated heterocycles. The molecule has 4 N–H and O–H groups in total. The van der Waals surface area contributed by atoms with Gasteiger partial charge in [-0.2, -0.15) is 0 Å². The molecule has 5 nitrogen and oxygen atoms in total. The van der Waals surface area contributed by atoms with Crippen LogP contribution in [0.1, 0.15) is 31.4 Å². The van der Waals surface area contributed by atoms with E-state index in [1.54, 1.807) is 6.26 Å². The van der Waals surface area contributed by atoms with Gasteiger partial charge in [-0.15, -0.1) is 0 Å². The Morgan fingerprint density at radius 1 is 1.45 bits per heavy atom. The summed E-state index contributed by atoms with van der Waals surface area (Å²) in [6, 6.07) is 9.87. The summed E-state index contributed by atoms with van der Waals surface area (Å²) in [4.78, 5) is 0. The van der Waals surface area contributed by atoms with Crippen molar-refractivity contribution in [3.05, 3.63) is 35.9 Å². The lowest BCUT2D eigenvalue weighted by atomic mass is 10.0. The topological polar surface area (TPSA) is 87.7 Å². The summed E-state index contributed by atoms with van der Waals surface area (Å²) in [5.74, 6) is 0.193. The van der Waals surface area contributed by atoms with E-state index in [-0.39, 0.29) is 17.1 Å². The number of nitrogens with two attached hydrogens (primary N) is 1. The molecule has 1 aromatic carbocycles. The van der Waals surface area contributed by atoms with Crippen LogP contribution in [0, 0.1) is 0 Å². The van der Waals surface area contributed by atoms with Crippen LogP contribution in [0.5, 0.6) is 0 Å². The van der Waals surface area contributed by atoms with E-state index < -0.39 is 10.8 Å². The molecule has 0 radical (unpaired) electrons. The van der Waals surface area contributed by atoms with Gasteiger partial charge in [-0.25, -0.2) is 0 Å². The molecule has 1 aromatic rings. The monoisotopic (exact) mass is 297 g/mol. The normalized spacial score (nSPS) is 16.6. The van der Waals surface area contributed by atoms with Crippen LogP contribution < -0.4 is 11.1 Å². The Balaban J connectivity index is 2.62. The van der Waals surface area contributed by atoms with Crippen molar-refractivity contribution in [2.75, 3.05) is 12.8 Å². The van der Waals surface area contributed by atoms with Crippen LogP contribution in [0.3, 0.4) is 0 Å². The molecule has 3 unspecified atom stereocenters. The van der Waals surface area contributed by atoms with Crippen molar-refractivity contribution in [2.24, 2.45) is 10.9 Å². The predicted octanol–water partition coefficient (Wildman–Crippen LogP) is 1.61. The molecule has 0 aliphatic rings. The fourth-order valence-electron chi connectivity index (χ4n) is 1.87. The summed E-state index contributed by atoms with van der Waals surface area (Å²) in [5.41, 5.74) is 6.69. The van der Waals surface area contributed by atoms with E-state index in [1.165, 1.54) is 0 Å². The second kappa shape index (κ2) is 8.71. The molecule has 3 atom stereocenters. The zero-order valence-electron chi connectivity index (χ0n) is 12.0. The summed E-state index contributed by atoms with van der Waals surface area (Å²) in [6.45, 7) is 2.71. The highest BCUT2D eigenvalue weighted by atomic mass is 32.2. The van der Waals surface area contributed by atoms with Gasteiger partial charge in [-0.1, -0.05) is 42.4 Å². The van der Waals surface area contributed by atoms with Crippen molar-refractivity contribution in [3.63, 3.8) is 0 Å². The van der Waals surface area contributed by atoms with Gasteiger partial charge in [0.1, 0.15) is 5.84 Å². The zero-order valence-corrected chi connectivity index (χ0v) is 12.8. The van der Waals surface area contributed by atoms with Crippen LogP contribution in [0.2, 0.25) is 0 Å². The van der Waals surface area contributed by atoms with E-state index in [4.69, 9.17) is 10.9 Å². The first-order valence-corrected chi connectivity index (χ1v) is 8.23. The first-order valence-electron chi connectivity index (χ1n) is 6.61. The molecule has 0 fully saturated rings. The summed E-state index contributed by atoms with van der Waals surface area (Å²) < 4.78 is 11.3. The Morgan fingerprint density at radius 2 is 2.10 bits per heavy atom. The summed E-state index contributed by atoms with van der Waals surface area (Å²) in [5, 5.41) is 15.3. The minimum atomic E-state index is -0.810.